The van der Waals surface area contributed by atoms with Gasteiger partial charge in [-0.1, -0.05) is 52.3 Å². The SMILES string of the molecule is CCOc1cnc(Cl)cc1N=C1SC(CC)CN1C(=S)Nc1cccc(Br)c1. The first-order valence-corrected chi connectivity index (χ1v) is 11.3. The van der Waals surface area contributed by atoms with Crippen molar-refractivity contribution in [3.63, 3.8) is 0 Å². The molecule has 0 radical (unpaired) electrons. The van der Waals surface area contributed by atoms with Crippen LogP contribution >= 0.6 is 51.5 Å². The predicted octanol–water partition coefficient (Wildman–Crippen LogP) is 6.11. The molecule has 0 spiro atoms. The number of nitrogens with zero attached hydrogens (tertiary/aromatic N) is 3. The Hall–Kier alpha value is -1.35. The number of amidine groups is 1. The van der Waals surface area contributed by atoms with Gasteiger partial charge in [-0.05, 0) is 43.8 Å². The Morgan fingerprint density at radius 3 is 3.00 bits per heavy atom. The van der Waals surface area contributed by atoms with Crippen molar-refractivity contribution in [1.82, 2.24) is 9.88 Å². The van der Waals surface area contributed by atoms with Gasteiger partial charge in [0.2, 0.25) is 0 Å². The molecule has 1 aromatic heterocycles. The van der Waals surface area contributed by atoms with E-state index in [1.807, 2.05) is 36.1 Å². The number of pyridine rings is 1. The van der Waals surface area contributed by atoms with E-state index in [2.05, 4.69) is 33.2 Å². The maximum absolute atomic E-state index is 6.08. The molecule has 1 aliphatic rings. The molecule has 0 aliphatic carbocycles. The fourth-order valence-corrected chi connectivity index (χ4v) is 4.64. The van der Waals surface area contributed by atoms with E-state index < -0.39 is 0 Å². The summed E-state index contributed by atoms with van der Waals surface area (Å²) >= 11 is 17.0. The van der Waals surface area contributed by atoms with Crippen LogP contribution in [0.5, 0.6) is 5.75 Å². The first kappa shape index (κ1) is 21.4. The normalized spacial score (nSPS) is 17.8. The van der Waals surface area contributed by atoms with Gasteiger partial charge in [0.15, 0.2) is 16.0 Å². The molecule has 3 rings (SSSR count). The summed E-state index contributed by atoms with van der Waals surface area (Å²) in [5.74, 6) is 0.603. The highest BCUT2D eigenvalue weighted by atomic mass is 79.9. The number of anilines is 1. The number of rotatable bonds is 5. The zero-order chi connectivity index (χ0) is 20.1. The number of hydrogen-bond acceptors (Lipinski definition) is 5. The minimum absolute atomic E-state index is 0.374. The molecule has 1 aromatic carbocycles. The molecule has 5 nitrogen and oxygen atoms in total. The smallest absolute Gasteiger partial charge is 0.179 e. The number of halogens is 2. The fraction of sp³-hybridized carbons (Fsp3) is 0.316. The second kappa shape index (κ2) is 9.91. The molecular weight excluding hydrogens is 480 g/mol. The van der Waals surface area contributed by atoms with E-state index in [0.29, 0.717) is 33.6 Å². The molecule has 1 unspecified atom stereocenters. The Labute approximate surface area is 188 Å². The molecule has 1 saturated heterocycles. The van der Waals surface area contributed by atoms with Crippen molar-refractivity contribution in [3.05, 3.63) is 46.2 Å². The van der Waals surface area contributed by atoms with E-state index in [9.17, 15) is 0 Å². The van der Waals surface area contributed by atoms with E-state index >= 15 is 0 Å². The van der Waals surface area contributed by atoms with E-state index in [1.165, 1.54) is 0 Å². The molecule has 1 aliphatic heterocycles. The quantitative estimate of drug-likeness (QED) is 0.396. The predicted molar refractivity (Wildman–Crippen MR) is 126 cm³/mol. The number of thioether (sulfide) groups is 1. The lowest BCUT2D eigenvalue weighted by molar-refractivity contribution is 0.340. The molecule has 2 heterocycles. The van der Waals surface area contributed by atoms with Gasteiger partial charge in [0.05, 0.1) is 12.8 Å². The summed E-state index contributed by atoms with van der Waals surface area (Å²) in [5.41, 5.74) is 1.57. The number of hydrogen-bond donors (Lipinski definition) is 1. The highest BCUT2D eigenvalue weighted by Gasteiger charge is 2.31. The highest BCUT2D eigenvalue weighted by molar-refractivity contribution is 9.10. The average molecular weight is 500 g/mol. The monoisotopic (exact) mass is 498 g/mol. The van der Waals surface area contributed by atoms with Crippen LogP contribution in [-0.2, 0) is 0 Å². The largest absolute Gasteiger partial charge is 0.490 e. The van der Waals surface area contributed by atoms with E-state index in [4.69, 9.17) is 33.5 Å². The second-order valence-electron chi connectivity index (χ2n) is 6.00. The Bertz CT molecular complexity index is 896. The summed E-state index contributed by atoms with van der Waals surface area (Å²) in [7, 11) is 0. The molecule has 148 valence electrons. The average Bonchev–Trinajstić information content (AvgIpc) is 3.07. The summed E-state index contributed by atoms with van der Waals surface area (Å²) in [6.45, 7) is 5.41. The maximum atomic E-state index is 6.08. The van der Waals surface area contributed by atoms with Crippen molar-refractivity contribution >= 4 is 73.2 Å². The number of aromatic nitrogens is 1. The zero-order valence-electron chi connectivity index (χ0n) is 15.5. The van der Waals surface area contributed by atoms with Crippen molar-refractivity contribution in [1.29, 1.82) is 0 Å². The summed E-state index contributed by atoms with van der Waals surface area (Å²) < 4.78 is 6.64. The van der Waals surface area contributed by atoms with Crippen molar-refractivity contribution in [2.24, 2.45) is 4.99 Å². The van der Waals surface area contributed by atoms with Crippen LogP contribution in [0, 0.1) is 0 Å². The summed E-state index contributed by atoms with van der Waals surface area (Å²) in [4.78, 5) is 10.9. The Morgan fingerprint density at radius 1 is 1.46 bits per heavy atom. The summed E-state index contributed by atoms with van der Waals surface area (Å²) in [5, 5.41) is 5.52. The topological polar surface area (TPSA) is 49.8 Å². The van der Waals surface area contributed by atoms with Gasteiger partial charge in [0, 0.05) is 28.0 Å². The minimum Gasteiger partial charge on any atom is -0.490 e. The lowest BCUT2D eigenvalue weighted by atomic mass is 10.3. The van der Waals surface area contributed by atoms with Crippen molar-refractivity contribution in [2.45, 2.75) is 25.5 Å². The van der Waals surface area contributed by atoms with Gasteiger partial charge in [-0.3, -0.25) is 4.90 Å². The molecule has 2 aromatic rings. The summed E-state index contributed by atoms with van der Waals surface area (Å²) in [6, 6.07) is 9.61. The second-order valence-corrected chi connectivity index (χ2v) is 8.96. The Balaban J connectivity index is 1.89. The zero-order valence-corrected chi connectivity index (χ0v) is 19.5. The minimum atomic E-state index is 0.374. The van der Waals surface area contributed by atoms with E-state index in [0.717, 1.165) is 28.3 Å². The number of aliphatic imine (C=N–C) groups is 1. The molecule has 1 fully saturated rings. The van der Waals surface area contributed by atoms with Crippen molar-refractivity contribution in [3.8, 4) is 5.75 Å². The van der Waals surface area contributed by atoms with Crippen LogP contribution in [0.1, 0.15) is 20.3 Å². The standard InChI is InChI=1S/C19H20BrClN4OS2/c1-3-14-11-25(18(27)23-13-7-5-6-12(20)8-13)19(28-14)24-15-9-17(21)22-10-16(15)26-4-2/h5-10,14H,3-4,11H2,1-2H3,(H,23,27). The fourth-order valence-electron chi connectivity index (χ4n) is 2.62. The van der Waals surface area contributed by atoms with E-state index in [1.54, 1.807) is 24.0 Å². The highest BCUT2D eigenvalue weighted by Crippen LogP contribution is 2.35. The maximum Gasteiger partial charge on any atom is 0.179 e. The third-order valence-electron chi connectivity index (χ3n) is 3.99. The van der Waals surface area contributed by atoms with Crippen LogP contribution in [0.15, 0.2) is 46.0 Å². The van der Waals surface area contributed by atoms with Crippen LogP contribution in [-0.4, -0.2) is 38.6 Å². The number of nitrogens with one attached hydrogen (secondary N) is 1. The van der Waals surface area contributed by atoms with Gasteiger partial charge in [-0.15, -0.1) is 0 Å². The number of thiocarbonyl (C=S) groups is 1. The molecule has 0 amide bonds. The van der Waals surface area contributed by atoms with Gasteiger partial charge >= 0.3 is 0 Å². The first-order chi connectivity index (χ1) is 13.5. The molecule has 28 heavy (non-hydrogen) atoms. The van der Waals surface area contributed by atoms with Crippen LogP contribution < -0.4 is 10.1 Å². The van der Waals surface area contributed by atoms with Crippen LogP contribution in [0.3, 0.4) is 0 Å². The van der Waals surface area contributed by atoms with Gasteiger partial charge < -0.3 is 10.1 Å². The first-order valence-electron chi connectivity index (χ1n) is 8.88. The lowest BCUT2D eigenvalue weighted by Gasteiger charge is -2.20. The van der Waals surface area contributed by atoms with Crippen LogP contribution in [0.2, 0.25) is 5.15 Å². The van der Waals surface area contributed by atoms with Gasteiger partial charge in [-0.25, -0.2) is 9.98 Å². The summed E-state index contributed by atoms with van der Waals surface area (Å²) in [6.07, 6.45) is 2.62. The Kier molecular flexibility index (Phi) is 7.56. The Morgan fingerprint density at radius 2 is 2.29 bits per heavy atom. The molecular formula is C19H20BrClN4OS2. The van der Waals surface area contributed by atoms with Gasteiger partial charge in [-0.2, -0.15) is 0 Å². The number of ether oxygens (including phenoxy) is 1. The third-order valence-corrected chi connectivity index (χ3v) is 6.36. The molecule has 0 bridgehead atoms. The molecule has 9 heteroatoms. The van der Waals surface area contributed by atoms with Crippen molar-refractivity contribution in [2.75, 3.05) is 18.5 Å². The lowest BCUT2D eigenvalue weighted by Crippen LogP contribution is -2.36. The number of benzene rings is 1. The van der Waals surface area contributed by atoms with Crippen LogP contribution in [0.4, 0.5) is 11.4 Å². The molecule has 1 atom stereocenters. The van der Waals surface area contributed by atoms with E-state index in [-0.39, 0.29) is 0 Å². The third kappa shape index (κ3) is 5.37. The van der Waals surface area contributed by atoms with Gasteiger partial charge in [0.25, 0.3) is 0 Å². The van der Waals surface area contributed by atoms with Crippen LogP contribution in [0.25, 0.3) is 0 Å². The molecule has 0 saturated carbocycles. The van der Waals surface area contributed by atoms with Crippen molar-refractivity contribution < 1.29 is 4.74 Å². The molecule has 1 N–H and O–H groups in total. The van der Waals surface area contributed by atoms with Gasteiger partial charge in [0.1, 0.15) is 10.8 Å².